The zero-order valence-corrected chi connectivity index (χ0v) is 14.7. The smallest absolute Gasteiger partial charge is 0.254 e. The van der Waals surface area contributed by atoms with Gasteiger partial charge >= 0.3 is 0 Å². The third kappa shape index (κ3) is 3.30. The molecule has 0 aliphatic carbocycles. The fraction of sp³-hybridized carbons (Fsp3) is 0.500. The van der Waals surface area contributed by atoms with Gasteiger partial charge in [0.1, 0.15) is 0 Å². The van der Waals surface area contributed by atoms with Crippen LogP contribution < -0.4 is 5.14 Å². The van der Waals surface area contributed by atoms with Gasteiger partial charge in [-0.2, -0.15) is 0 Å². The maximum atomic E-state index is 12.7. The molecule has 2 atom stereocenters. The Morgan fingerprint density at radius 3 is 2.29 bits per heavy atom. The van der Waals surface area contributed by atoms with E-state index in [2.05, 4.69) is 29.8 Å². The molecule has 0 saturated carbocycles. The Hall–Kier alpha value is -0.920. The van der Waals surface area contributed by atoms with Crippen molar-refractivity contribution in [2.24, 2.45) is 17.0 Å². The van der Waals surface area contributed by atoms with Crippen molar-refractivity contribution in [3.63, 3.8) is 0 Å². The van der Waals surface area contributed by atoms with E-state index >= 15 is 0 Å². The summed E-state index contributed by atoms with van der Waals surface area (Å²) in [6.07, 6.45) is 0. The quantitative estimate of drug-likeness (QED) is 0.860. The average molecular weight is 375 g/mol. The molecule has 1 aromatic rings. The second-order valence-electron chi connectivity index (χ2n) is 5.79. The van der Waals surface area contributed by atoms with Crippen molar-refractivity contribution in [1.29, 1.82) is 0 Å². The maximum absolute atomic E-state index is 12.7. The molecule has 0 aromatic heterocycles. The van der Waals surface area contributed by atoms with Gasteiger partial charge in [-0.25, -0.2) is 13.6 Å². The Kier molecular flexibility index (Phi) is 4.46. The van der Waals surface area contributed by atoms with E-state index in [9.17, 15) is 13.2 Å². The summed E-state index contributed by atoms with van der Waals surface area (Å²) in [6.45, 7) is 7.39. The fourth-order valence-electron chi connectivity index (χ4n) is 2.51. The lowest BCUT2D eigenvalue weighted by atomic mass is 10.0. The van der Waals surface area contributed by atoms with E-state index in [4.69, 9.17) is 5.14 Å². The Labute approximate surface area is 133 Å². The molecule has 5 nitrogen and oxygen atoms in total. The molecule has 0 spiro atoms. The molecule has 2 N–H and O–H groups in total. The monoisotopic (exact) mass is 374 g/mol. The van der Waals surface area contributed by atoms with Crippen molar-refractivity contribution in [2.45, 2.75) is 25.7 Å². The van der Waals surface area contributed by atoms with E-state index in [0.717, 1.165) is 5.56 Å². The number of halogens is 1. The van der Waals surface area contributed by atoms with Crippen LogP contribution in [0.15, 0.2) is 21.5 Å². The highest BCUT2D eigenvalue weighted by Crippen LogP contribution is 2.28. The normalized spacial score (nSPS) is 22.6. The Morgan fingerprint density at radius 2 is 1.81 bits per heavy atom. The summed E-state index contributed by atoms with van der Waals surface area (Å²) in [5, 5.41) is 5.17. The summed E-state index contributed by atoms with van der Waals surface area (Å²) in [5.41, 5.74) is 1.11. The molecule has 1 amide bonds. The highest BCUT2D eigenvalue weighted by molar-refractivity contribution is 9.10. The van der Waals surface area contributed by atoms with Crippen molar-refractivity contribution in [3.8, 4) is 0 Å². The van der Waals surface area contributed by atoms with E-state index in [1.54, 1.807) is 11.8 Å². The van der Waals surface area contributed by atoms with Crippen LogP contribution in [-0.2, 0) is 10.0 Å². The van der Waals surface area contributed by atoms with Gasteiger partial charge in [0.2, 0.25) is 10.0 Å². The van der Waals surface area contributed by atoms with Crippen LogP contribution in [-0.4, -0.2) is 32.3 Å². The number of hydrogen-bond donors (Lipinski definition) is 1. The highest BCUT2D eigenvalue weighted by atomic mass is 79.9. The van der Waals surface area contributed by atoms with E-state index in [-0.39, 0.29) is 10.8 Å². The summed E-state index contributed by atoms with van der Waals surface area (Å²) >= 11 is 3.30. The van der Waals surface area contributed by atoms with Crippen molar-refractivity contribution in [1.82, 2.24) is 4.90 Å². The zero-order chi connectivity index (χ0) is 15.9. The van der Waals surface area contributed by atoms with Gasteiger partial charge in [-0.3, -0.25) is 4.79 Å². The van der Waals surface area contributed by atoms with Gasteiger partial charge in [-0.1, -0.05) is 29.8 Å². The van der Waals surface area contributed by atoms with Crippen molar-refractivity contribution in [3.05, 3.63) is 27.7 Å². The summed E-state index contributed by atoms with van der Waals surface area (Å²) in [7, 11) is -3.84. The predicted molar refractivity (Wildman–Crippen MR) is 84.5 cm³/mol. The van der Waals surface area contributed by atoms with Crippen LogP contribution >= 0.6 is 15.9 Å². The van der Waals surface area contributed by atoms with Crippen LogP contribution in [0.4, 0.5) is 0 Å². The number of benzene rings is 1. The van der Waals surface area contributed by atoms with E-state index in [0.29, 0.717) is 35.0 Å². The van der Waals surface area contributed by atoms with Crippen LogP contribution in [0.1, 0.15) is 29.8 Å². The molecule has 21 heavy (non-hydrogen) atoms. The van der Waals surface area contributed by atoms with Gasteiger partial charge in [0.25, 0.3) is 5.91 Å². The molecule has 1 aromatic carbocycles. The number of amides is 1. The van der Waals surface area contributed by atoms with Gasteiger partial charge in [-0.15, -0.1) is 0 Å². The summed E-state index contributed by atoms with van der Waals surface area (Å²) in [6, 6.07) is 2.79. The number of nitrogens with two attached hydrogens (primary N) is 1. The average Bonchev–Trinajstić information content (AvgIpc) is 2.70. The Bertz CT molecular complexity index is 678. The predicted octanol–water partition coefficient (Wildman–Crippen LogP) is 2.13. The second kappa shape index (κ2) is 5.70. The molecule has 116 valence electrons. The molecule has 0 bridgehead atoms. The van der Waals surface area contributed by atoms with Gasteiger partial charge < -0.3 is 4.90 Å². The number of nitrogens with zero attached hydrogens (tertiary/aromatic N) is 1. The number of likely N-dealkylation sites (tertiary alicyclic amines) is 1. The molecular weight excluding hydrogens is 356 g/mol. The molecule has 7 heteroatoms. The van der Waals surface area contributed by atoms with Crippen LogP contribution in [0, 0.1) is 18.8 Å². The minimum absolute atomic E-state index is 0.0522. The third-order valence-corrected chi connectivity index (χ3v) is 5.87. The maximum Gasteiger partial charge on any atom is 0.254 e. The number of rotatable bonds is 2. The standard InChI is InChI=1S/C14H19BrN2O3S/c1-8-6-17(7-9(8)2)14(18)12-4-11(21(16,19)20)5-13(15)10(12)3/h4-5,8-9H,6-7H2,1-3H3,(H2,16,19,20). The van der Waals surface area contributed by atoms with Crippen LogP contribution in [0.2, 0.25) is 0 Å². The number of primary sulfonamides is 1. The molecular formula is C14H19BrN2O3S. The van der Waals surface area contributed by atoms with Crippen molar-refractivity contribution >= 4 is 31.9 Å². The molecule has 2 unspecified atom stereocenters. The lowest BCUT2D eigenvalue weighted by Gasteiger charge is -2.18. The molecule has 1 fully saturated rings. The SMILES string of the molecule is Cc1c(Br)cc(S(N)(=O)=O)cc1C(=O)N1CC(C)C(C)C1. The summed E-state index contributed by atoms with van der Waals surface area (Å²) in [5.74, 6) is 0.744. The van der Waals surface area contributed by atoms with E-state index in [1.165, 1.54) is 12.1 Å². The molecule has 1 heterocycles. The lowest BCUT2D eigenvalue weighted by molar-refractivity contribution is 0.0784. The molecule has 2 rings (SSSR count). The van der Waals surface area contributed by atoms with Gasteiger partial charge in [0.15, 0.2) is 0 Å². The molecule has 1 aliphatic heterocycles. The first kappa shape index (κ1) is 16.5. The minimum Gasteiger partial charge on any atom is -0.338 e. The van der Waals surface area contributed by atoms with E-state index < -0.39 is 10.0 Å². The van der Waals surface area contributed by atoms with Crippen molar-refractivity contribution < 1.29 is 13.2 Å². The highest BCUT2D eigenvalue weighted by Gasteiger charge is 2.31. The first-order valence-electron chi connectivity index (χ1n) is 6.73. The Morgan fingerprint density at radius 1 is 1.29 bits per heavy atom. The second-order valence-corrected chi connectivity index (χ2v) is 8.20. The largest absolute Gasteiger partial charge is 0.338 e. The summed E-state index contributed by atoms with van der Waals surface area (Å²) < 4.78 is 23.6. The molecule has 0 radical (unpaired) electrons. The van der Waals surface area contributed by atoms with Gasteiger partial charge in [0.05, 0.1) is 4.90 Å². The number of sulfonamides is 1. The molecule has 1 aliphatic rings. The first-order chi connectivity index (χ1) is 9.61. The van der Waals surface area contributed by atoms with Crippen molar-refractivity contribution in [2.75, 3.05) is 13.1 Å². The van der Waals surface area contributed by atoms with E-state index in [1.807, 2.05) is 0 Å². The van der Waals surface area contributed by atoms with Crippen LogP contribution in [0.25, 0.3) is 0 Å². The first-order valence-corrected chi connectivity index (χ1v) is 9.07. The Balaban J connectivity index is 2.44. The van der Waals surface area contributed by atoms with Gasteiger partial charge in [-0.05, 0) is 36.5 Å². The lowest BCUT2D eigenvalue weighted by Crippen LogP contribution is -2.30. The fourth-order valence-corrected chi connectivity index (χ4v) is 3.68. The number of carbonyl (C=O) groups excluding carboxylic acids is 1. The number of hydrogen-bond acceptors (Lipinski definition) is 3. The van der Waals surface area contributed by atoms with Gasteiger partial charge in [0, 0.05) is 23.1 Å². The third-order valence-electron chi connectivity index (χ3n) is 4.15. The zero-order valence-electron chi connectivity index (χ0n) is 12.3. The number of carbonyl (C=O) groups is 1. The van der Waals surface area contributed by atoms with Crippen LogP contribution in [0.3, 0.4) is 0 Å². The molecule has 1 saturated heterocycles. The topological polar surface area (TPSA) is 80.5 Å². The minimum atomic E-state index is -3.84. The van der Waals surface area contributed by atoms with Crippen LogP contribution in [0.5, 0.6) is 0 Å². The summed E-state index contributed by atoms with van der Waals surface area (Å²) in [4.78, 5) is 14.4.